The van der Waals surface area contributed by atoms with Crippen molar-refractivity contribution in [2.75, 3.05) is 13.2 Å². The average molecular weight is 507 g/mol. The molecule has 0 saturated carbocycles. The minimum atomic E-state index is -1.68. The van der Waals surface area contributed by atoms with Gasteiger partial charge in [-0.2, -0.15) is 0 Å². The van der Waals surface area contributed by atoms with Gasteiger partial charge in [-0.3, -0.25) is 9.97 Å². The Morgan fingerprint density at radius 2 is 1.00 bits per heavy atom. The van der Waals surface area contributed by atoms with Crippen LogP contribution in [0.1, 0.15) is 23.6 Å². The van der Waals surface area contributed by atoms with Gasteiger partial charge in [-0.05, 0) is 0 Å². The van der Waals surface area contributed by atoms with E-state index in [9.17, 15) is 30.6 Å². The molecule has 0 amide bonds. The molecule has 0 fully saturated rings. The Hall–Kier alpha value is -0.578. The third-order valence-electron chi connectivity index (χ3n) is 3.11. The Balaban J connectivity index is 0.00000484. The number of rotatable bonds is 8. The van der Waals surface area contributed by atoms with Crippen LogP contribution in [0.2, 0.25) is 0 Å². The summed E-state index contributed by atoms with van der Waals surface area (Å²) in [7, 11) is 0. The van der Waals surface area contributed by atoms with Gasteiger partial charge in [-0.1, -0.05) is 0 Å². The first-order chi connectivity index (χ1) is 10.3. The van der Waals surface area contributed by atoms with Crippen LogP contribution in [0.15, 0.2) is 12.4 Å². The van der Waals surface area contributed by atoms with Gasteiger partial charge in [-0.25, -0.2) is 0 Å². The summed E-state index contributed by atoms with van der Waals surface area (Å²) in [6.45, 7) is -1.51. The molecule has 1 rings (SSSR count). The Morgan fingerprint density at radius 3 is 1.22 bits per heavy atom. The maximum atomic E-state index is 9.75. The predicted molar refractivity (Wildman–Crippen MR) is 70.2 cm³/mol. The minimum Gasteiger partial charge on any atom is -0.394 e. The van der Waals surface area contributed by atoms with Gasteiger partial charge < -0.3 is 40.9 Å². The molecule has 0 aliphatic carbocycles. The van der Waals surface area contributed by atoms with Gasteiger partial charge in [-0.15, -0.1) is 0 Å². The van der Waals surface area contributed by atoms with Crippen LogP contribution < -0.4 is 0 Å². The van der Waals surface area contributed by atoms with E-state index in [1.807, 2.05) is 0 Å². The van der Waals surface area contributed by atoms with E-state index in [0.29, 0.717) is 0 Å². The van der Waals surface area contributed by atoms with Crippen LogP contribution in [0.4, 0.5) is 0 Å². The van der Waals surface area contributed by atoms with E-state index in [1.54, 1.807) is 0 Å². The number of aromatic nitrogens is 2. The van der Waals surface area contributed by atoms with Gasteiger partial charge >= 0.3 is 0 Å². The summed E-state index contributed by atoms with van der Waals surface area (Å²) in [5, 5.41) is 74.4. The topological polar surface area (TPSA) is 188 Å². The van der Waals surface area contributed by atoms with Crippen molar-refractivity contribution in [1.29, 1.82) is 0 Å². The first-order valence-corrected chi connectivity index (χ1v) is 6.45. The van der Waals surface area contributed by atoms with Crippen molar-refractivity contribution < 1.29 is 61.3 Å². The fraction of sp³-hybridized carbons (Fsp3) is 0.667. The third-order valence-corrected chi connectivity index (χ3v) is 3.11. The summed E-state index contributed by atoms with van der Waals surface area (Å²) >= 11 is 0. The fourth-order valence-electron chi connectivity index (χ4n) is 1.64. The molecule has 133 valence electrons. The molecule has 0 saturated heterocycles. The molecule has 0 aliphatic heterocycles. The predicted octanol–water partition coefficient (Wildman–Crippen LogP) is -4.03. The normalized spacial score (nSPS) is 19.1. The van der Waals surface area contributed by atoms with Crippen molar-refractivity contribution >= 4 is 0 Å². The van der Waals surface area contributed by atoms with Crippen molar-refractivity contribution in [2.24, 2.45) is 0 Å². The first-order valence-electron chi connectivity index (χ1n) is 6.45. The number of aliphatic hydroxyl groups excluding tert-OH is 8. The van der Waals surface area contributed by atoms with E-state index in [2.05, 4.69) is 9.97 Å². The summed E-state index contributed by atoms with van der Waals surface area (Å²) in [6.07, 6.45) is -7.74. The summed E-state index contributed by atoms with van der Waals surface area (Å²) in [5.41, 5.74) is -0.263. The molecule has 1 heterocycles. The maximum Gasteiger partial charge on any atom is 0.126 e. The van der Waals surface area contributed by atoms with E-state index in [1.165, 1.54) is 0 Å². The van der Waals surface area contributed by atoms with Crippen molar-refractivity contribution in [1.82, 2.24) is 9.97 Å². The van der Waals surface area contributed by atoms with Gasteiger partial charge in [0.25, 0.3) is 0 Å². The zero-order valence-electron chi connectivity index (χ0n) is 11.9. The van der Waals surface area contributed by atoms with Crippen LogP contribution in [-0.4, -0.2) is 88.4 Å². The van der Waals surface area contributed by atoms with Gasteiger partial charge in [0.1, 0.15) is 36.6 Å². The molecule has 1 aromatic heterocycles. The van der Waals surface area contributed by atoms with Crippen LogP contribution in [0.5, 0.6) is 0 Å². The molecule has 8 N–H and O–H groups in total. The molecule has 10 nitrogen and oxygen atoms in total. The summed E-state index contributed by atoms with van der Waals surface area (Å²) in [5.74, 6) is 0. The Morgan fingerprint density at radius 1 is 0.696 bits per heavy atom. The second-order valence-electron chi connectivity index (χ2n) is 4.74. The number of hydrogen-bond acceptors (Lipinski definition) is 10. The van der Waals surface area contributed by atoms with Crippen molar-refractivity contribution in [3.63, 3.8) is 0 Å². The molecular formula is C12H20N2O8Re. The molecule has 0 spiro atoms. The maximum absolute atomic E-state index is 9.75. The van der Waals surface area contributed by atoms with Crippen LogP contribution in [0.3, 0.4) is 0 Å². The van der Waals surface area contributed by atoms with Crippen LogP contribution in [0.25, 0.3) is 0 Å². The third kappa shape index (κ3) is 5.77. The summed E-state index contributed by atoms with van der Waals surface area (Å²) in [6, 6.07) is 0. The largest absolute Gasteiger partial charge is 0.394 e. The monoisotopic (exact) mass is 507 g/mol. The number of nitrogens with zero attached hydrogens (tertiary/aromatic N) is 2. The van der Waals surface area contributed by atoms with E-state index < -0.39 is 49.8 Å². The molecule has 1 radical (unpaired) electrons. The van der Waals surface area contributed by atoms with Crippen molar-refractivity contribution in [3.8, 4) is 0 Å². The number of aliphatic hydroxyl groups is 8. The standard InChI is InChI=1S/C12H20N2O8.Re/c15-3-7(17)11(21)9(19)5-1-13-6(2-14-5)10(20)12(22)8(18)4-16;/h1-2,7-12,15-22H,3-4H2;. The fourth-order valence-corrected chi connectivity index (χ4v) is 1.64. The van der Waals surface area contributed by atoms with E-state index in [-0.39, 0.29) is 31.8 Å². The Labute approximate surface area is 145 Å². The Bertz CT molecular complexity index is 410. The van der Waals surface area contributed by atoms with Crippen LogP contribution in [-0.2, 0) is 20.4 Å². The first kappa shape index (κ1) is 22.4. The van der Waals surface area contributed by atoms with E-state index >= 15 is 0 Å². The molecule has 11 heteroatoms. The van der Waals surface area contributed by atoms with Crippen molar-refractivity contribution in [2.45, 2.75) is 36.6 Å². The molecule has 6 atom stereocenters. The molecule has 1 aromatic rings. The number of hydrogen-bond donors (Lipinski definition) is 8. The average Bonchev–Trinajstić information content (AvgIpc) is 2.57. The summed E-state index contributed by atoms with van der Waals surface area (Å²) < 4.78 is 0. The molecule has 0 aromatic carbocycles. The van der Waals surface area contributed by atoms with Gasteiger partial charge in [0.15, 0.2) is 0 Å². The minimum absolute atomic E-state index is 0. The molecule has 0 aliphatic rings. The van der Waals surface area contributed by atoms with E-state index in [4.69, 9.17) is 10.2 Å². The zero-order chi connectivity index (χ0) is 16.9. The summed E-state index contributed by atoms with van der Waals surface area (Å²) in [4.78, 5) is 7.45. The van der Waals surface area contributed by atoms with Gasteiger partial charge in [0, 0.05) is 20.4 Å². The van der Waals surface area contributed by atoms with Crippen molar-refractivity contribution in [3.05, 3.63) is 23.8 Å². The molecular weight excluding hydrogens is 486 g/mol. The van der Waals surface area contributed by atoms with Crippen LogP contribution in [0, 0.1) is 0 Å². The van der Waals surface area contributed by atoms with Gasteiger partial charge in [0.05, 0.1) is 37.0 Å². The molecule has 6 unspecified atom stereocenters. The van der Waals surface area contributed by atoms with Crippen LogP contribution >= 0.6 is 0 Å². The van der Waals surface area contributed by atoms with E-state index in [0.717, 1.165) is 12.4 Å². The quantitative estimate of drug-likeness (QED) is 0.172. The smallest absolute Gasteiger partial charge is 0.126 e. The Kier molecular flexibility index (Phi) is 10.1. The zero-order valence-corrected chi connectivity index (χ0v) is 14.6. The second kappa shape index (κ2) is 10.3. The second-order valence-corrected chi connectivity index (χ2v) is 4.74. The van der Waals surface area contributed by atoms with Gasteiger partial charge in [0.2, 0.25) is 0 Å². The molecule has 23 heavy (non-hydrogen) atoms. The SMILES string of the molecule is OCC(O)C(O)C(O)c1cnc(C(O)C(O)C(O)CO)cn1.[Re]. The molecule has 0 bridgehead atoms.